The van der Waals surface area contributed by atoms with E-state index in [-0.39, 0.29) is 17.2 Å². The molecule has 0 spiro atoms. The lowest BCUT2D eigenvalue weighted by atomic mass is 10.2. The van der Waals surface area contributed by atoms with Crippen LogP contribution in [0.25, 0.3) is 0 Å². The van der Waals surface area contributed by atoms with E-state index in [1.165, 1.54) is 11.8 Å². The highest BCUT2D eigenvalue weighted by Gasteiger charge is 2.14. The number of nitrogens with one attached hydrogen (secondary N) is 3. The zero-order valence-corrected chi connectivity index (χ0v) is 14.9. The monoisotopic (exact) mass is 363 g/mol. The van der Waals surface area contributed by atoms with Gasteiger partial charge in [-0.3, -0.25) is 4.79 Å². The molecule has 3 amide bonds. The number of hydrogen-bond donors (Lipinski definition) is 3. The highest BCUT2D eigenvalue weighted by Crippen LogP contribution is 2.25. The maximum absolute atomic E-state index is 12.3. The van der Waals surface area contributed by atoms with Gasteiger partial charge in [-0.25, -0.2) is 4.79 Å². The van der Waals surface area contributed by atoms with Crippen molar-refractivity contribution in [3.63, 3.8) is 0 Å². The molecule has 5 nitrogen and oxygen atoms in total. The lowest BCUT2D eigenvalue weighted by molar-refractivity contribution is -0.115. The summed E-state index contributed by atoms with van der Waals surface area (Å²) < 4.78 is 0. The van der Waals surface area contributed by atoms with Crippen molar-refractivity contribution in [1.82, 2.24) is 5.32 Å². The number of anilines is 2. The van der Waals surface area contributed by atoms with Crippen molar-refractivity contribution < 1.29 is 9.59 Å². The van der Waals surface area contributed by atoms with Crippen LogP contribution in [0.2, 0.25) is 5.02 Å². The summed E-state index contributed by atoms with van der Waals surface area (Å²) in [6.45, 7) is 1.84. The summed E-state index contributed by atoms with van der Waals surface area (Å²) in [6.07, 6.45) is 0. The van der Waals surface area contributed by atoms with Crippen molar-refractivity contribution in [2.75, 3.05) is 17.7 Å². The summed E-state index contributed by atoms with van der Waals surface area (Å²) in [5.41, 5.74) is 1.32. The van der Waals surface area contributed by atoms with Gasteiger partial charge in [0.05, 0.1) is 5.25 Å². The van der Waals surface area contributed by atoms with Crippen LogP contribution in [0.15, 0.2) is 53.4 Å². The van der Waals surface area contributed by atoms with Gasteiger partial charge in [0.2, 0.25) is 5.91 Å². The Hall–Kier alpha value is -2.18. The third kappa shape index (κ3) is 5.47. The topological polar surface area (TPSA) is 70.2 Å². The Morgan fingerprint density at radius 1 is 0.958 bits per heavy atom. The molecular formula is C17H18ClN3O2S. The van der Waals surface area contributed by atoms with Gasteiger partial charge in [0.1, 0.15) is 0 Å². The van der Waals surface area contributed by atoms with Crippen LogP contribution in [-0.4, -0.2) is 24.2 Å². The fourth-order valence-electron chi connectivity index (χ4n) is 1.85. The zero-order chi connectivity index (χ0) is 17.5. The number of rotatable bonds is 5. The normalized spacial score (nSPS) is 11.5. The predicted molar refractivity (Wildman–Crippen MR) is 99.9 cm³/mol. The first-order valence-electron chi connectivity index (χ1n) is 7.30. The number of thioether (sulfide) groups is 1. The van der Waals surface area contributed by atoms with Gasteiger partial charge in [-0.05, 0) is 55.5 Å². The highest BCUT2D eigenvalue weighted by molar-refractivity contribution is 8.00. The van der Waals surface area contributed by atoms with E-state index < -0.39 is 0 Å². The minimum absolute atomic E-state index is 0.0954. The standard InChI is InChI=1S/C17H18ClN3O2S/c1-11(24-15-9-3-12(18)4-10-15)16(22)20-13-5-7-14(8-6-13)21-17(23)19-2/h3-11H,1-2H3,(H,20,22)(H2,19,21,23). The largest absolute Gasteiger partial charge is 0.341 e. The number of urea groups is 1. The van der Waals surface area contributed by atoms with E-state index in [0.717, 1.165) is 4.90 Å². The van der Waals surface area contributed by atoms with Gasteiger partial charge >= 0.3 is 6.03 Å². The Kier molecular flexibility index (Phi) is 6.52. The third-order valence-electron chi connectivity index (χ3n) is 3.13. The maximum Gasteiger partial charge on any atom is 0.318 e. The van der Waals surface area contributed by atoms with Crippen molar-refractivity contribution in [1.29, 1.82) is 0 Å². The number of carbonyl (C=O) groups is 2. The molecule has 2 rings (SSSR count). The molecule has 0 heterocycles. The molecule has 24 heavy (non-hydrogen) atoms. The first kappa shape index (κ1) is 18.2. The summed E-state index contributed by atoms with van der Waals surface area (Å²) in [4.78, 5) is 24.5. The summed E-state index contributed by atoms with van der Waals surface area (Å²) >= 11 is 7.31. The number of halogens is 1. The summed E-state index contributed by atoms with van der Waals surface area (Å²) in [5, 5.41) is 8.39. The summed E-state index contributed by atoms with van der Waals surface area (Å²) in [7, 11) is 1.55. The highest BCUT2D eigenvalue weighted by atomic mass is 35.5. The molecule has 1 unspecified atom stereocenters. The van der Waals surface area contributed by atoms with E-state index >= 15 is 0 Å². The lowest BCUT2D eigenvalue weighted by Gasteiger charge is -2.12. The molecule has 0 bridgehead atoms. The van der Waals surface area contributed by atoms with Crippen molar-refractivity contribution in [2.24, 2.45) is 0 Å². The SMILES string of the molecule is CNC(=O)Nc1ccc(NC(=O)C(C)Sc2ccc(Cl)cc2)cc1. The Morgan fingerprint density at radius 2 is 1.50 bits per heavy atom. The molecule has 0 saturated carbocycles. The van der Waals surface area contributed by atoms with Crippen molar-refractivity contribution in [3.8, 4) is 0 Å². The molecule has 0 fully saturated rings. The van der Waals surface area contributed by atoms with Gasteiger partial charge in [-0.15, -0.1) is 11.8 Å². The molecule has 3 N–H and O–H groups in total. The van der Waals surface area contributed by atoms with E-state index in [4.69, 9.17) is 11.6 Å². The van der Waals surface area contributed by atoms with Crippen LogP contribution in [0.4, 0.5) is 16.2 Å². The molecule has 0 aliphatic heterocycles. The Labute approximate surface area is 150 Å². The number of hydrogen-bond acceptors (Lipinski definition) is 3. The van der Waals surface area contributed by atoms with Gasteiger partial charge in [0.15, 0.2) is 0 Å². The summed E-state index contributed by atoms with van der Waals surface area (Å²) in [5.74, 6) is -0.0954. The smallest absolute Gasteiger partial charge is 0.318 e. The van der Waals surface area contributed by atoms with Gasteiger partial charge in [-0.2, -0.15) is 0 Å². The molecule has 7 heteroatoms. The number of carbonyl (C=O) groups excluding carboxylic acids is 2. The Bertz CT molecular complexity index is 705. The molecule has 0 aliphatic rings. The first-order valence-corrected chi connectivity index (χ1v) is 8.55. The van der Waals surface area contributed by atoms with Crippen LogP contribution in [-0.2, 0) is 4.79 Å². The Morgan fingerprint density at radius 3 is 2.04 bits per heavy atom. The second kappa shape index (κ2) is 8.61. The van der Waals surface area contributed by atoms with E-state index in [9.17, 15) is 9.59 Å². The zero-order valence-electron chi connectivity index (χ0n) is 13.3. The fraction of sp³-hybridized carbons (Fsp3) is 0.176. The molecule has 0 aliphatic carbocycles. The van der Waals surface area contributed by atoms with Crippen LogP contribution in [0.3, 0.4) is 0 Å². The van der Waals surface area contributed by atoms with Crippen LogP contribution in [0.5, 0.6) is 0 Å². The van der Waals surface area contributed by atoms with Gasteiger partial charge in [0, 0.05) is 28.3 Å². The van der Waals surface area contributed by atoms with Crippen LogP contribution >= 0.6 is 23.4 Å². The molecule has 0 saturated heterocycles. The minimum Gasteiger partial charge on any atom is -0.341 e. The van der Waals surface area contributed by atoms with Gasteiger partial charge in [0.25, 0.3) is 0 Å². The Balaban J connectivity index is 1.91. The first-order chi connectivity index (χ1) is 11.5. The average molecular weight is 364 g/mol. The second-order valence-corrected chi connectivity index (χ2v) is 6.84. The molecule has 126 valence electrons. The number of amides is 3. The van der Waals surface area contributed by atoms with Crippen LogP contribution in [0.1, 0.15) is 6.92 Å². The molecule has 0 aromatic heterocycles. The van der Waals surface area contributed by atoms with E-state index in [0.29, 0.717) is 16.4 Å². The van der Waals surface area contributed by atoms with Gasteiger partial charge in [-0.1, -0.05) is 11.6 Å². The van der Waals surface area contributed by atoms with E-state index in [1.54, 1.807) is 43.4 Å². The fourth-order valence-corrected chi connectivity index (χ4v) is 2.84. The molecule has 2 aromatic rings. The van der Waals surface area contributed by atoms with Crippen molar-refractivity contribution in [2.45, 2.75) is 17.1 Å². The van der Waals surface area contributed by atoms with Gasteiger partial charge < -0.3 is 16.0 Å². The quantitative estimate of drug-likeness (QED) is 0.697. The maximum atomic E-state index is 12.3. The van der Waals surface area contributed by atoms with Crippen LogP contribution in [0, 0.1) is 0 Å². The molecule has 0 radical (unpaired) electrons. The average Bonchev–Trinajstić information content (AvgIpc) is 2.58. The van der Waals surface area contributed by atoms with Crippen molar-refractivity contribution >= 4 is 46.7 Å². The molecular weight excluding hydrogens is 346 g/mol. The van der Waals surface area contributed by atoms with E-state index in [2.05, 4.69) is 16.0 Å². The molecule has 1 atom stereocenters. The van der Waals surface area contributed by atoms with E-state index in [1.807, 2.05) is 19.1 Å². The predicted octanol–water partition coefficient (Wildman–Crippen LogP) is 4.21. The van der Waals surface area contributed by atoms with Crippen molar-refractivity contribution in [3.05, 3.63) is 53.6 Å². The lowest BCUT2D eigenvalue weighted by Crippen LogP contribution is -2.24. The second-order valence-electron chi connectivity index (χ2n) is 4.98. The molecule has 2 aromatic carbocycles. The third-order valence-corrected chi connectivity index (χ3v) is 4.50. The minimum atomic E-state index is -0.292. The summed E-state index contributed by atoms with van der Waals surface area (Å²) in [6, 6.07) is 14.0. The van der Waals surface area contributed by atoms with Crippen LogP contribution < -0.4 is 16.0 Å². The number of benzene rings is 2.